The van der Waals surface area contributed by atoms with Gasteiger partial charge in [-0.3, -0.25) is 15.0 Å². The molecule has 5 atom stereocenters. The second-order valence-corrected chi connectivity index (χ2v) is 10.5. The monoisotopic (exact) mass is 518 g/mol. The summed E-state index contributed by atoms with van der Waals surface area (Å²) in [6.45, 7) is 4.93. The molecule has 3 heterocycles. The first-order valence-electron chi connectivity index (χ1n) is 13.1. The third-order valence-electron chi connectivity index (χ3n) is 8.02. The van der Waals surface area contributed by atoms with E-state index in [0.717, 1.165) is 24.0 Å². The number of ether oxygens (including phenoxy) is 1. The fraction of sp³-hybridized carbons (Fsp3) is 0.593. The highest BCUT2D eigenvalue weighted by molar-refractivity contribution is 5.85. The SMILES string of the molecule is CC1CCC(N2CC3CC(CNC(=O)C(F)(F)c4cccc(N5CCOCC5)c4)=CC=C3C2O)C(O)N1. The molecule has 0 bridgehead atoms. The van der Waals surface area contributed by atoms with Crippen LogP contribution in [0.25, 0.3) is 0 Å². The van der Waals surface area contributed by atoms with Gasteiger partial charge in [-0.2, -0.15) is 8.78 Å². The number of hydrogen-bond acceptors (Lipinski definition) is 7. The number of aliphatic hydroxyl groups is 2. The Hall–Kier alpha value is -2.37. The number of morpholine rings is 1. The minimum Gasteiger partial charge on any atom is -0.378 e. The lowest BCUT2D eigenvalue weighted by molar-refractivity contribution is -0.146. The van der Waals surface area contributed by atoms with E-state index in [1.54, 1.807) is 18.2 Å². The number of anilines is 1. The van der Waals surface area contributed by atoms with E-state index < -0.39 is 24.3 Å². The Morgan fingerprint density at radius 1 is 1.22 bits per heavy atom. The highest BCUT2D eigenvalue weighted by atomic mass is 19.3. The van der Waals surface area contributed by atoms with Gasteiger partial charge in [0.05, 0.1) is 19.3 Å². The third kappa shape index (κ3) is 5.44. The maximum atomic E-state index is 15.1. The van der Waals surface area contributed by atoms with Gasteiger partial charge in [0, 0.05) is 49.4 Å². The molecule has 0 saturated carbocycles. The van der Waals surface area contributed by atoms with E-state index >= 15 is 8.78 Å². The number of carbonyl (C=O) groups excluding carboxylic acids is 1. The molecular formula is C27H36F2N4O4. The average molecular weight is 519 g/mol. The zero-order valence-electron chi connectivity index (χ0n) is 21.1. The van der Waals surface area contributed by atoms with Crippen molar-refractivity contribution < 1.29 is 28.5 Å². The van der Waals surface area contributed by atoms with Crippen LogP contribution in [0.3, 0.4) is 0 Å². The number of nitrogens with zero attached hydrogens (tertiary/aromatic N) is 2. The number of piperidine rings is 1. The van der Waals surface area contributed by atoms with Crippen molar-refractivity contribution in [2.45, 2.75) is 56.6 Å². The van der Waals surface area contributed by atoms with Crippen molar-refractivity contribution in [2.75, 3.05) is 44.3 Å². The Bertz CT molecular complexity index is 1060. The minimum atomic E-state index is -3.67. The number of carbonyl (C=O) groups is 1. The van der Waals surface area contributed by atoms with E-state index in [-0.39, 0.29) is 30.1 Å². The number of amides is 1. The quantitative estimate of drug-likeness (QED) is 0.455. The van der Waals surface area contributed by atoms with Crippen LogP contribution in [0.4, 0.5) is 14.5 Å². The summed E-state index contributed by atoms with van der Waals surface area (Å²) < 4.78 is 35.5. The zero-order chi connectivity index (χ0) is 26.2. The summed E-state index contributed by atoms with van der Waals surface area (Å²) in [7, 11) is 0. The maximum absolute atomic E-state index is 15.1. The number of fused-ring (bicyclic) bond motifs is 1. The summed E-state index contributed by atoms with van der Waals surface area (Å²) in [5.74, 6) is -4.98. The number of benzene rings is 1. The number of hydrogen-bond donors (Lipinski definition) is 4. The first kappa shape index (κ1) is 26.2. The molecule has 202 valence electrons. The lowest BCUT2D eigenvalue weighted by Crippen LogP contribution is -2.57. The molecule has 1 aromatic carbocycles. The van der Waals surface area contributed by atoms with Crippen LogP contribution in [-0.2, 0) is 15.5 Å². The van der Waals surface area contributed by atoms with Gasteiger partial charge >= 0.3 is 5.92 Å². The highest BCUT2D eigenvalue weighted by Gasteiger charge is 2.44. The number of halogens is 2. The zero-order valence-corrected chi connectivity index (χ0v) is 21.1. The van der Waals surface area contributed by atoms with E-state index in [9.17, 15) is 15.0 Å². The summed E-state index contributed by atoms with van der Waals surface area (Å²) in [5.41, 5.74) is 2.01. The lowest BCUT2D eigenvalue weighted by atomic mass is 9.89. The van der Waals surface area contributed by atoms with E-state index in [1.165, 1.54) is 12.1 Å². The van der Waals surface area contributed by atoms with Crippen LogP contribution in [0.15, 0.2) is 47.6 Å². The van der Waals surface area contributed by atoms with Crippen LogP contribution in [-0.4, -0.2) is 85.0 Å². The second-order valence-electron chi connectivity index (χ2n) is 10.5. The highest BCUT2D eigenvalue weighted by Crippen LogP contribution is 2.38. The smallest absolute Gasteiger partial charge is 0.349 e. The molecule has 1 aromatic rings. The van der Waals surface area contributed by atoms with Gasteiger partial charge < -0.3 is 25.2 Å². The normalized spacial score (nSPS) is 30.9. The van der Waals surface area contributed by atoms with Gasteiger partial charge in [0.25, 0.3) is 5.91 Å². The molecule has 5 rings (SSSR count). The van der Waals surface area contributed by atoms with Crippen molar-refractivity contribution in [1.82, 2.24) is 15.5 Å². The largest absolute Gasteiger partial charge is 0.378 e. The molecule has 3 aliphatic heterocycles. The van der Waals surface area contributed by atoms with Gasteiger partial charge in [0.15, 0.2) is 0 Å². The van der Waals surface area contributed by atoms with E-state index in [2.05, 4.69) is 10.6 Å². The van der Waals surface area contributed by atoms with Crippen molar-refractivity contribution in [3.05, 3.63) is 53.1 Å². The predicted octanol–water partition coefficient (Wildman–Crippen LogP) is 1.70. The summed E-state index contributed by atoms with van der Waals surface area (Å²) >= 11 is 0. The van der Waals surface area contributed by atoms with Gasteiger partial charge in [-0.15, -0.1) is 0 Å². The summed E-state index contributed by atoms with van der Waals surface area (Å²) in [6.07, 6.45) is 4.39. The standard InChI is InChI=1S/C27H36F2N4O4/c1-17-5-8-23(24(34)31-17)33-16-19-13-18(6-7-22(19)25(33)35)15-30-26(36)27(28,29)20-3-2-4-21(14-20)32-9-11-37-12-10-32/h2-4,6-7,14,17,19,23-25,31,34-35H,5,8-13,15-16H2,1H3,(H,30,36). The summed E-state index contributed by atoms with van der Waals surface area (Å²) in [4.78, 5) is 16.5. The Balaban J connectivity index is 1.18. The van der Waals surface area contributed by atoms with Gasteiger partial charge in [0.2, 0.25) is 0 Å². The topological polar surface area (TPSA) is 97.3 Å². The van der Waals surface area contributed by atoms with Crippen LogP contribution in [0.2, 0.25) is 0 Å². The van der Waals surface area contributed by atoms with Gasteiger partial charge in [-0.25, -0.2) is 0 Å². The van der Waals surface area contributed by atoms with E-state index in [1.807, 2.05) is 22.8 Å². The molecule has 4 aliphatic rings. The molecular weight excluding hydrogens is 482 g/mol. The Morgan fingerprint density at radius 3 is 2.76 bits per heavy atom. The molecule has 5 unspecified atom stereocenters. The van der Waals surface area contributed by atoms with Gasteiger partial charge in [-0.1, -0.05) is 29.9 Å². The van der Waals surface area contributed by atoms with Crippen LogP contribution < -0.4 is 15.5 Å². The minimum absolute atomic E-state index is 0.0130. The molecule has 1 aliphatic carbocycles. The molecule has 0 spiro atoms. The third-order valence-corrected chi connectivity index (χ3v) is 8.02. The van der Waals surface area contributed by atoms with Gasteiger partial charge in [-0.05, 0) is 43.9 Å². The van der Waals surface area contributed by atoms with Crippen molar-refractivity contribution in [3.63, 3.8) is 0 Å². The summed E-state index contributed by atoms with van der Waals surface area (Å²) in [5, 5.41) is 26.9. The Morgan fingerprint density at radius 2 is 2.00 bits per heavy atom. The van der Waals surface area contributed by atoms with Crippen LogP contribution >= 0.6 is 0 Å². The average Bonchev–Trinajstić information content (AvgIpc) is 3.23. The Labute approximate surface area is 216 Å². The van der Waals surface area contributed by atoms with E-state index in [4.69, 9.17) is 4.74 Å². The van der Waals surface area contributed by atoms with Crippen molar-refractivity contribution >= 4 is 11.6 Å². The molecule has 3 fully saturated rings. The van der Waals surface area contributed by atoms with Crippen molar-refractivity contribution in [2.24, 2.45) is 5.92 Å². The first-order valence-corrected chi connectivity index (χ1v) is 13.1. The number of likely N-dealkylation sites (tertiary alicyclic amines) is 1. The van der Waals surface area contributed by atoms with Gasteiger partial charge in [0.1, 0.15) is 12.5 Å². The predicted molar refractivity (Wildman–Crippen MR) is 135 cm³/mol. The first-order chi connectivity index (χ1) is 17.7. The van der Waals surface area contributed by atoms with Crippen LogP contribution in [0, 0.1) is 5.92 Å². The molecule has 10 heteroatoms. The second kappa shape index (κ2) is 10.8. The van der Waals surface area contributed by atoms with Crippen LogP contribution in [0.1, 0.15) is 31.7 Å². The Kier molecular flexibility index (Phi) is 7.65. The van der Waals surface area contributed by atoms with Crippen LogP contribution in [0.5, 0.6) is 0 Å². The number of aliphatic hydroxyl groups excluding tert-OH is 2. The molecule has 0 radical (unpaired) electrons. The molecule has 4 N–H and O–H groups in total. The summed E-state index contributed by atoms with van der Waals surface area (Å²) in [6, 6.07) is 6.01. The number of alkyl halides is 2. The fourth-order valence-electron chi connectivity index (χ4n) is 5.88. The van der Waals surface area contributed by atoms with Crippen molar-refractivity contribution in [3.8, 4) is 0 Å². The molecule has 0 aromatic heterocycles. The van der Waals surface area contributed by atoms with Crippen molar-refractivity contribution in [1.29, 1.82) is 0 Å². The molecule has 8 nitrogen and oxygen atoms in total. The molecule has 1 amide bonds. The number of nitrogens with one attached hydrogen (secondary N) is 2. The number of rotatable bonds is 6. The number of allylic oxidation sites excluding steroid dienone is 2. The maximum Gasteiger partial charge on any atom is 0.349 e. The lowest BCUT2D eigenvalue weighted by Gasteiger charge is -2.39. The van der Waals surface area contributed by atoms with E-state index in [0.29, 0.717) is 45.0 Å². The molecule has 3 saturated heterocycles. The molecule has 37 heavy (non-hydrogen) atoms. The fourth-order valence-corrected chi connectivity index (χ4v) is 5.88.